The Kier molecular flexibility index (Phi) is 6.49. The maximum absolute atomic E-state index is 12.3. The monoisotopic (exact) mass is 359 g/mol. The van der Waals surface area contributed by atoms with Gasteiger partial charge >= 0.3 is 6.03 Å². The molecule has 1 fully saturated rings. The molecule has 132 valence electrons. The van der Waals surface area contributed by atoms with E-state index in [1.165, 1.54) is 6.08 Å². The second kappa shape index (κ2) is 8.59. The first kappa shape index (κ1) is 18.9. The molecule has 0 aliphatic carbocycles. The zero-order valence-corrected chi connectivity index (χ0v) is 15.3. The topological polar surface area (TPSA) is 52.7 Å². The molecule has 1 aliphatic rings. The summed E-state index contributed by atoms with van der Waals surface area (Å²) in [4.78, 5) is 27.2. The zero-order chi connectivity index (χ0) is 18.4. The molecule has 6 heteroatoms. The number of amides is 3. The fourth-order valence-electron chi connectivity index (χ4n) is 2.43. The quantitative estimate of drug-likeness (QED) is 0.651. The average molecular weight is 360 g/mol. The first-order valence-electron chi connectivity index (χ1n) is 8.15. The standard InChI is InChI=1S/C19H22ClN3O2/c1-4-18(24)22-9-11-23(12-10-22)19(25)21-15(3)6-8-16-7-5-14(2)17(20)13-16/h4-5,7,13,15H,1,9-12H2,2-3H3,(H,21,25). The van der Waals surface area contributed by atoms with Crippen molar-refractivity contribution in [3.05, 3.63) is 47.0 Å². The smallest absolute Gasteiger partial charge is 0.318 e. The van der Waals surface area contributed by atoms with Gasteiger partial charge in [0.25, 0.3) is 0 Å². The van der Waals surface area contributed by atoms with Crippen molar-refractivity contribution in [2.24, 2.45) is 0 Å². The minimum absolute atomic E-state index is 0.101. The van der Waals surface area contributed by atoms with Gasteiger partial charge in [-0.3, -0.25) is 4.79 Å². The van der Waals surface area contributed by atoms with Crippen molar-refractivity contribution >= 4 is 23.5 Å². The number of piperazine rings is 1. The third-order valence-corrected chi connectivity index (χ3v) is 4.41. The van der Waals surface area contributed by atoms with Gasteiger partial charge in [0.2, 0.25) is 5.91 Å². The highest BCUT2D eigenvalue weighted by molar-refractivity contribution is 6.31. The average Bonchev–Trinajstić information content (AvgIpc) is 2.62. The third kappa shape index (κ3) is 5.27. The zero-order valence-electron chi connectivity index (χ0n) is 14.5. The third-order valence-electron chi connectivity index (χ3n) is 4.00. The number of hydrogen-bond acceptors (Lipinski definition) is 2. The summed E-state index contributed by atoms with van der Waals surface area (Å²) in [6.07, 6.45) is 1.30. The Hall–Kier alpha value is -2.45. The van der Waals surface area contributed by atoms with Gasteiger partial charge in [0.05, 0.1) is 6.04 Å². The Morgan fingerprint density at radius 1 is 1.28 bits per heavy atom. The van der Waals surface area contributed by atoms with Crippen LogP contribution in [0.3, 0.4) is 0 Å². The van der Waals surface area contributed by atoms with E-state index in [0.29, 0.717) is 31.2 Å². The molecule has 1 aromatic carbocycles. The number of halogens is 1. The van der Waals surface area contributed by atoms with E-state index in [0.717, 1.165) is 11.1 Å². The highest BCUT2D eigenvalue weighted by Gasteiger charge is 2.23. The van der Waals surface area contributed by atoms with Gasteiger partial charge in [-0.15, -0.1) is 0 Å². The fourth-order valence-corrected chi connectivity index (χ4v) is 2.61. The molecule has 2 rings (SSSR count). The van der Waals surface area contributed by atoms with Crippen molar-refractivity contribution in [1.29, 1.82) is 0 Å². The molecule has 1 heterocycles. The summed E-state index contributed by atoms with van der Waals surface area (Å²) in [5.41, 5.74) is 1.82. The molecule has 1 N–H and O–H groups in total. The summed E-state index contributed by atoms with van der Waals surface area (Å²) in [5.74, 6) is 5.92. The highest BCUT2D eigenvalue weighted by atomic mass is 35.5. The first-order valence-corrected chi connectivity index (χ1v) is 8.53. The van der Waals surface area contributed by atoms with Gasteiger partial charge in [-0.05, 0) is 37.6 Å². The molecule has 0 bridgehead atoms. The fraction of sp³-hybridized carbons (Fsp3) is 0.368. The molecule has 1 saturated heterocycles. The predicted molar refractivity (Wildman–Crippen MR) is 99.4 cm³/mol. The van der Waals surface area contributed by atoms with E-state index >= 15 is 0 Å². The van der Waals surface area contributed by atoms with Crippen LogP contribution < -0.4 is 5.32 Å². The van der Waals surface area contributed by atoms with Crippen LogP contribution >= 0.6 is 11.6 Å². The summed E-state index contributed by atoms with van der Waals surface area (Å²) in [6, 6.07) is 5.17. The molecule has 1 aromatic rings. The van der Waals surface area contributed by atoms with E-state index in [1.54, 1.807) is 9.80 Å². The van der Waals surface area contributed by atoms with Crippen LogP contribution in [0.15, 0.2) is 30.9 Å². The van der Waals surface area contributed by atoms with Crippen LogP contribution in [-0.4, -0.2) is 54.0 Å². The van der Waals surface area contributed by atoms with Gasteiger partial charge in [-0.25, -0.2) is 4.79 Å². The van der Waals surface area contributed by atoms with Crippen LogP contribution in [0, 0.1) is 18.8 Å². The Morgan fingerprint density at radius 3 is 2.52 bits per heavy atom. The number of carbonyl (C=O) groups excluding carboxylic acids is 2. The number of carbonyl (C=O) groups is 2. The van der Waals surface area contributed by atoms with E-state index in [4.69, 9.17) is 11.6 Å². The SMILES string of the molecule is C=CC(=O)N1CCN(C(=O)NC(C)C#Cc2ccc(C)c(Cl)c2)CC1. The van der Waals surface area contributed by atoms with Crippen molar-refractivity contribution in [2.75, 3.05) is 26.2 Å². The molecule has 3 amide bonds. The maximum Gasteiger partial charge on any atom is 0.318 e. The first-order chi connectivity index (χ1) is 11.9. The molecule has 0 saturated carbocycles. The number of rotatable bonds is 2. The van der Waals surface area contributed by atoms with Gasteiger partial charge in [-0.1, -0.05) is 36.1 Å². The summed E-state index contributed by atoms with van der Waals surface area (Å²) in [6.45, 7) is 9.27. The van der Waals surface area contributed by atoms with Crippen LogP contribution in [0.4, 0.5) is 4.79 Å². The van der Waals surface area contributed by atoms with Gasteiger partial charge in [0, 0.05) is 36.8 Å². The van der Waals surface area contributed by atoms with Crippen molar-refractivity contribution in [3.63, 3.8) is 0 Å². The molecule has 0 spiro atoms. The van der Waals surface area contributed by atoms with Crippen LogP contribution in [-0.2, 0) is 4.79 Å². The number of nitrogens with one attached hydrogen (secondary N) is 1. The van der Waals surface area contributed by atoms with E-state index in [9.17, 15) is 9.59 Å². The Labute approximate surface area is 153 Å². The molecule has 1 unspecified atom stereocenters. The lowest BCUT2D eigenvalue weighted by Crippen LogP contribution is -2.53. The summed E-state index contributed by atoms with van der Waals surface area (Å²) < 4.78 is 0. The van der Waals surface area contributed by atoms with Crippen LogP contribution in [0.2, 0.25) is 5.02 Å². The molecular weight excluding hydrogens is 338 g/mol. The van der Waals surface area contributed by atoms with Crippen LogP contribution in [0.25, 0.3) is 0 Å². The Balaban J connectivity index is 1.87. The molecule has 25 heavy (non-hydrogen) atoms. The van der Waals surface area contributed by atoms with Crippen LogP contribution in [0.5, 0.6) is 0 Å². The van der Waals surface area contributed by atoms with Gasteiger partial charge < -0.3 is 15.1 Å². The van der Waals surface area contributed by atoms with Gasteiger partial charge in [0.15, 0.2) is 0 Å². The molecule has 0 aromatic heterocycles. The van der Waals surface area contributed by atoms with Crippen molar-refractivity contribution in [3.8, 4) is 11.8 Å². The maximum atomic E-state index is 12.3. The second-order valence-electron chi connectivity index (χ2n) is 5.92. The molecule has 0 radical (unpaired) electrons. The van der Waals surface area contributed by atoms with E-state index < -0.39 is 0 Å². The number of hydrogen-bond donors (Lipinski definition) is 1. The summed E-state index contributed by atoms with van der Waals surface area (Å²) in [5, 5.41) is 3.54. The van der Waals surface area contributed by atoms with E-state index in [2.05, 4.69) is 23.7 Å². The summed E-state index contributed by atoms with van der Waals surface area (Å²) >= 11 is 6.08. The van der Waals surface area contributed by atoms with Crippen molar-refractivity contribution in [2.45, 2.75) is 19.9 Å². The minimum atomic E-state index is -0.291. The lowest BCUT2D eigenvalue weighted by atomic mass is 10.1. The predicted octanol–water partition coefficient (Wildman–Crippen LogP) is 2.43. The van der Waals surface area contributed by atoms with Gasteiger partial charge in [-0.2, -0.15) is 0 Å². The van der Waals surface area contributed by atoms with Crippen LogP contribution in [0.1, 0.15) is 18.1 Å². The van der Waals surface area contributed by atoms with Gasteiger partial charge in [0.1, 0.15) is 0 Å². The number of aryl methyl sites for hydroxylation is 1. The lowest BCUT2D eigenvalue weighted by Gasteiger charge is -2.34. The molecule has 5 nitrogen and oxygen atoms in total. The minimum Gasteiger partial charge on any atom is -0.336 e. The normalized spacial score (nSPS) is 15.0. The Morgan fingerprint density at radius 2 is 1.92 bits per heavy atom. The summed E-state index contributed by atoms with van der Waals surface area (Å²) in [7, 11) is 0. The number of urea groups is 1. The van der Waals surface area contributed by atoms with E-state index in [1.807, 2.05) is 32.0 Å². The largest absolute Gasteiger partial charge is 0.336 e. The second-order valence-corrected chi connectivity index (χ2v) is 6.33. The van der Waals surface area contributed by atoms with E-state index in [-0.39, 0.29) is 18.0 Å². The van der Waals surface area contributed by atoms with Crippen molar-refractivity contribution in [1.82, 2.24) is 15.1 Å². The number of nitrogens with zero attached hydrogens (tertiary/aromatic N) is 2. The molecule has 1 aliphatic heterocycles. The number of benzene rings is 1. The lowest BCUT2D eigenvalue weighted by molar-refractivity contribution is -0.127. The molecular formula is C19H22ClN3O2. The van der Waals surface area contributed by atoms with Crippen molar-refractivity contribution < 1.29 is 9.59 Å². The highest BCUT2D eigenvalue weighted by Crippen LogP contribution is 2.15. The Bertz CT molecular complexity index is 728. The molecule has 1 atom stereocenters.